The van der Waals surface area contributed by atoms with E-state index in [0.717, 1.165) is 11.3 Å². The van der Waals surface area contributed by atoms with Crippen molar-refractivity contribution < 1.29 is 8.78 Å². The average molecular weight is 276 g/mol. The van der Waals surface area contributed by atoms with Crippen molar-refractivity contribution in [3.8, 4) is 0 Å². The molecule has 1 heterocycles. The van der Waals surface area contributed by atoms with Crippen molar-refractivity contribution in [2.45, 2.75) is 32.9 Å². The minimum atomic E-state index is -0.490. The normalized spacial score (nSPS) is 12.4. The third-order valence-corrected chi connectivity index (χ3v) is 3.20. The predicted octanol–water partition coefficient (Wildman–Crippen LogP) is 3.39. The van der Waals surface area contributed by atoms with Crippen molar-refractivity contribution in [2.75, 3.05) is 0 Å². The number of hydrogen-bond donors (Lipinski definition) is 1. The lowest BCUT2D eigenvalue weighted by atomic mass is 10.1. The summed E-state index contributed by atoms with van der Waals surface area (Å²) in [6.45, 7) is 4.47. The van der Waals surface area contributed by atoms with Crippen molar-refractivity contribution in [2.24, 2.45) is 0 Å². The van der Waals surface area contributed by atoms with E-state index in [1.807, 2.05) is 26.0 Å². The van der Waals surface area contributed by atoms with Gasteiger partial charge in [-0.1, -0.05) is 12.1 Å². The van der Waals surface area contributed by atoms with Crippen LogP contribution in [-0.2, 0) is 13.0 Å². The molecule has 2 rings (SSSR count). The molecular formula is C16H18F2N2. The molecule has 0 bridgehead atoms. The van der Waals surface area contributed by atoms with E-state index in [0.29, 0.717) is 13.0 Å². The lowest BCUT2D eigenvalue weighted by Crippen LogP contribution is -2.28. The van der Waals surface area contributed by atoms with Gasteiger partial charge in [0.05, 0.1) is 0 Å². The standard InChI is InChI=1S/C16H18F2N2/c1-11-6-7-13(9-19-11)10-20-12(2)8-14-15(17)4-3-5-16(14)18/h3-7,9,12,20H,8,10H2,1-2H3. The molecule has 0 fully saturated rings. The molecule has 1 unspecified atom stereocenters. The lowest BCUT2D eigenvalue weighted by molar-refractivity contribution is 0.499. The maximum Gasteiger partial charge on any atom is 0.129 e. The number of benzene rings is 1. The SMILES string of the molecule is Cc1ccc(CNC(C)Cc2c(F)cccc2F)cn1. The van der Waals surface area contributed by atoms with Crippen LogP contribution in [0.25, 0.3) is 0 Å². The van der Waals surface area contributed by atoms with Crippen LogP contribution in [0, 0.1) is 18.6 Å². The Morgan fingerprint density at radius 1 is 1.15 bits per heavy atom. The van der Waals surface area contributed by atoms with Crippen LogP contribution in [0.15, 0.2) is 36.5 Å². The molecule has 1 N–H and O–H groups in total. The molecule has 0 spiro atoms. The summed E-state index contributed by atoms with van der Waals surface area (Å²) in [5, 5.41) is 3.25. The molecule has 2 nitrogen and oxygen atoms in total. The summed E-state index contributed by atoms with van der Waals surface area (Å²) < 4.78 is 27.1. The summed E-state index contributed by atoms with van der Waals surface area (Å²) in [6.07, 6.45) is 2.12. The van der Waals surface area contributed by atoms with Gasteiger partial charge in [0.2, 0.25) is 0 Å². The summed E-state index contributed by atoms with van der Waals surface area (Å²) in [6, 6.07) is 7.86. The maximum absolute atomic E-state index is 13.5. The summed E-state index contributed by atoms with van der Waals surface area (Å²) in [7, 11) is 0. The lowest BCUT2D eigenvalue weighted by Gasteiger charge is -2.15. The minimum absolute atomic E-state index is 0.0253. The van der Waals surface area contributed by atoms with Crippen molar-refractivity contribution in [1.29, 1.82) is 0 Å². The van der Waals surface area contributed by atoms with Gasteiger partial charge in [0.1, 0.15) is 11.6 Å². The highest BCUT2D eigenvalue weighted by Crippen LogP contribution is 2.14. The van der Waals surface area contributed by atoms with Gasteiger partial charge in [0.25, 0.3) is 0 Å². The molecule has 4 heteroatoms. The van der Waals surface area contributed by atoms with E-state index in [-0.39, 0.29) is 11.6 Å². The Morgan fingerprint density at radius 2 is 1.85 bits per heavy atom. The van der Waals surface area contributed by atoms with Crippen LogP contribution in [-0.4, -0.2) is 11.0 Å². The molecule has 1 aromatic heterocycles. The first kappa shape index (κ1) is 14.6. The van der Waals surface area contributed by atoms with E-state index in [1.54, 1.807) is 6.20 Å². The van der Waals surface area contributed by atoms with E-state index < -0.39 is 11.6 Å². The van der Waals surface area contributed by atoms with Crippen molar-refractivity contribution in [3.63, 3.8) is 0 Å². The zero-order valence-electron chi connectivity index (χ0n) is 11.7. The minimum Gasteiger partial charge on any atom is -0.310 e. The van der Waals surface area contributed by atoms with Crippen molar-refractivity contribution >= 4 is 0 Å². The van der Waals surface area contributed by atoms with E-state index >= 15 is 0 Å². The Balaban J connectivity index is 1.92. The van der Waals surface area contributed by atoms with Crippen LogP contribution in [0.3, 0.4) is 0 Å². The van der Waals surface area contributed by atoms with Gasteiger partial charge in [-0.05, 0) is 44.0 Å². The van der Waals surface area contributed by atoms with Gasteiger partial charge in [-0.25, -0.2) is 8.78 Å². The van der Waals surface area contributed by atoms with Crippen molar-refractivity contribution in [1.82, 2.24) is 10.3 Å². The van der Waals surface area contributed by atoms with E-state index in [4.69, 9.17) is 0 Å². The van der Waals surface area contributed by atoms with Gasteiger partial charge >= 0.3 is 0 Å². The first-order chi connectivity index (χ1) is 9.56. The predicted molar refractivity (Wildman–Crippen MR) is 75.3 cm³/mol. The number of nitrogens with one attached hydrogen (secondary N) is 1. The second kappa shape index (κ2) is 6.57. The molecule has 106 valence electrons. The van der Waals surface area contributed by atoms with Crippen molar-refractivity contribution in [3.05, 3.63) is 65.0 Å². The molecule has 0 radical (unpaired) electrons. The Kier molecular flexibility index (Phi) is 4.79. The number of aryl methyl sites for hydroxylation is 1. The smallest absolute Gasteiger partial charge is 0.129 e. The third kappa shape index (κ3) is 3.84. The van der Waals surface area contributed by atoms with Crippen LogP contribution in [0.2, 0.25) is 0 Å². The summed E-state index contributed by atoms with van der Waals surface area (Å²) in [5.74, 6) is -0.980. The summed E-state index contributed by atoms with van der Waals surface area (Å²) >= 11 is 0. The number of rotatable bonds is 5. The molecule has 0 saturated carbocycles. The number of aromatic nitrogens is 1. The number of hydrogen-bond acceptors (Lipinski definition) is 2. The van der Waals surface area contributed by atoms with Gasteiger partial charge in [-0.2, -0.15) is 0 Å². The molecule has 0 aliphatic rings. The number of pyridine rings is 1. The fraction of sp³-hybridized carbons (Fsp3) is 0.312. The molecule has 20 heavy (non-hydrogen) atoms. The summed E-state index contributed by atoms with van der Waals surface area (Å²) in [5.41, 5.74) is 2.15. The quantitative estimate of drug-likeness (QED) is 0.905. The number of halogens is 2. The fourth-order valence-electron chi connectivity index (χ4n) is 2.00. The Hall–Kier alpha value is -1.81. The molecule has 0 saturated heterocycles. The third-order valence-electron chi connectivity index (χ3n) is 3.20. The Labute approximate surface area is 117 Å². The topological polar surface area (TPSA) is 24.9 Å². The highest BCUT2D eigenvalue weighted by atomic mass is 19.1. The van der Waals surface area contributed by atoms with Gasteiger partial charge < -0.3 is 5.32 Å². The van der Waals surface area contributed by atoms with Gasteiger partial charge in [-0.15, -0.1) is 0 Å². The van der Waals surface area contributed by atoms with Crippen LogP contribution in [0.1, 0.15) is 23.7 Å². The average Bonchev–Trinajstić information content (AvgIpc) is 2.42. The van der Waals surface area contributed by atoms with Gasteiger partial charge in [-0.3, -0.25) is 4.98 Å². The Morgan fingerprint density at radius 3 is 2.45 bits per heavy atom. The summed E-state index contributed by atoms with van der Waals surface area (Å²) in [4.78, 5) is 4.21. The molecule has 0 aliphatic carbocycles. The van der Waals surface area contributed by atoms with Gasteiger partial charge in [0.15, 0.2) is 0 Å². The molecule has 1 aromatic carbocycles. The molecule has 1 atom stereocenters. The maximum atomic E-state index is 13.5. The van der Waals surface area contributed by atoms with E-state index in [1.165, 1.54) is 18.2 Å². The van der Waals surface area contributed by atoms with Crippen LogP contribution in [0.4, 0.5) is 8.78 Å². The highest BCUT2D eigenvalue weighted by molar-refractivity contribution is 5.20. The number of nitrogens with zero attached hydrogens (tertiary/aromatic N) is 1. The largest absolute Gasteiger partial charge is 0.310 e. The highest BCUT2D eigenvalue weighted by Gasteiger charge is 2.12. The van der Waals surface area contributed by atoms with Crippen LogP contribution in [0.5, 0.6) is 0 Å². The Bertz CT molecular complexity index is 547. The molecule has 0 amide bonds. The second-order valence-corrected chi connectivity index (χ2v) is 4.99. The zero-order chi connectivity index (χ0) is 14.5. The second-order valence-electron chi connectivity index (χ2n) is 4.99. The zero-order valence-corrected chi connectivity index (χ0v) is 11.7. The monoisotopic (exact) mass is 276 g/mol. The fourth-order valence-corrected chi connectivity index (χ4v) is 2.00. The van der Waals surface area contributed by atoms with Gasteiger partial charge in [0, 0.05) is 30.0 Å². The first-order valence-electron chi connectivity index (χ1n) is 6.64. The molecule has 0 aliphatic heterocycles. The van der Waals surface area contributed by atoms with Crippen LogP contribution >= 0.6 is 0 Å². The molecule has 2 aromatic rings. The van der Waals surface area contributed by atoms with Crippen LogP contribution < -0.4 is 5.32 Å². The van der Waals surface area contributed by atoms with E-state index in [9.17, 15) is 8.78 Å². The van der Waals surface area contributed by atoms with E-state index in [2.05, 4.69) is 10.3 Å². The molecular weight excluding hydrogens is 258 g/mol. The first-order valence-corrected chi connectivity index (χ1v) is 6.64.